The van der Waals surface area contributed by atoms with Crippen LogP contribution in [-0.4, -0.2) is 28.4 Å². The zero-order valence-corrected chi connectivity index (χ0v) is 15.6. The number of pyridine rings is 1. The van der Waals surface area contributed by atoms with E-state index in [2.05, 4.69) is 27.3 Å². The summed E-state index contributed by atoms with van der Waals surface area (Å²) in [4.78, 5) is 19.3. The highest BCUT2D eigenvalue weighted by atomic mass is 16.5. The lowest BCUT2D eigenvalue weighted by molar-refractivity contribution is -0.120. The molecular formula is C23H23N3O2. The number of carbonyl (C=O) groups excluding carboxylic acids is 1. The molecule has 1 amide bonds. The van der Waals surface area contributed by atoms with Crippen LogP contribution >= 0.6 is 0 Å². The average Bonchev–Trinajstić information content (AvgIpc) is 3.19. The topological polar surface area (TPSA) is 54.5 Å². The van der Waals surface area contributed by atoms with E-state index in [1.165, 1.54) is 5.56 Å². The van der Waals surface area contributed by atoms with Gasteiger partial charge >= 0.3 is 0 Å². The van der Waals surface area contributed by atoms with Crippen molar-refractivity contribution in [2.24, 2.45) is 0 Å². The third-order valence-corrected chi connectivity index (χ3v) is 4.90. The molecule has 1 aromatic heterocycles. The summed E-state index contributed by atoms with van der Waals surface area (Å²) in [5, 5.41) is 3.06. The van der Waals surface area contributed by atoms with Crippen molar-refractivity contribution in [3.63, 3.8) is 0 Å². The maximum atomic E-state index is 13.0. The van der Waals surface area contributed by atoms with Crippen LogP contribution in [0.5, 0.6) is 11.5 Å². The molecule has 1 atom stereocenters. The molecule has 0 radical (unpaired) electrons. The second-order valence-electron chi connectivity index (χ2n) is 6.89. The van der Waals surface area contributed by atoms with E-state index in [1.807, 2.05) is 54.6 Å². The van der Waals surface area contributed by atoms with E-state index >= 15 is 0 Å². The van der Waals surface area contributed by atoms with Crippen LogP contribution in [0.25, 0.3) is 0 Å². The molecule has 1 N–H and O–H groups in total. The highest BCUT2D eigenvalue weighted by Gasteiger charge is 2.31. The Morgan fingerprint density at radius 2 is 1.89 bits per heavy atom. The fraction of sp³-hybridized carbons (Fsp3) is 0.217. The van der Waals surface area contributed by atoms with Crippen LogP contribution in [0.2, 0.25) is 0 Å². The van der Waals surface area contributed by atoms with E-state index in [0.29, 0.717) is 17.2 Å². The Balaban J connectivity index is 1.46. The van der Waals surface area contributed by atoms with Gasteiger partial charge in [-0.3, -0.25) is 14.7 Å². The monoisotopic (exact) mass is 373 g/mol. The van der Waals surface area contributed by atoms with E-state index in [-0.39, 0.29) is 11.9 Å². The maximum absolute atomic E-state index is 13.0. The molecule has 2 aromatic carbocycles. The Morgan fingerprint density at radius 1 is 1.07 bits per heavy atom. The molecule has 4 rings (SSSR count). The molecule has 5 nitrogen and oxygen atoms in total. The van der Waals surface area contributed by atoms with Gasteiger partial charge in [0.15, 0.2) is 5.75 Å². The molecule has 1 aliphatic rings. The Labute approximate surface area is 165 Å². The van der Waals surface area contributed by atoms with E-state index in [0.717, 1.165) is 25.9 Å². The van der Waals surface area contributed by atoms with E-state index < -0.39 is 0 Å². The second-order valence-corrected chi connectivity index (χ2v) is 6.89. The van der Waals surface area contributed by atoms with Gasteiger partial charge in [-0.25, -0.2) is 0 Å². The third kappa shape index (κ3) is 4.38. The summed E-state index contributed by atoms with van der Waals surface area (Å²) < 4.78 is 5.90. The fourth-order valence-corrected chi connectivity index (χ4v) is 3.54. The molecule has 1 saturated heterocycles. The van der Waals surface area contributed by atoms with Crippen LogP contribution in [0.15, 0.2) is 79.1 Å². The van der Waals surface area contributed by atoms with Gasteiger partial charge in [0.1, 0.15) is 5.75 Å². The number of amides is 1. The van der Waals surface area contributed by atoms with Gasteiger partial charge in [0.2, 0.25) is 5.91 Å². The van der Waals surface area contributed by atoms with Crippen LogP contribution in [0.3, 0.4) is 0 Å². The normalized spacial score (nSPS) is 16.6. The maximum Gasteiger partial charge on any atom is 0.241 e. The molecule has 0 aliphatic carbocycles. The molecule has 0 spiro atoms. The molecule has 1 aliphatic heterocycles. The van der Waals surface area contributed by atoms with Crippen LogP contribution < -0.4 is 10.1 Å². The van der Waals surface area contributed by atoms with Crippen molar-refractivity contribution >= 4 is 11.6 Å². The lowest BCUT2D eigenvalue weighted by atomic mass is 10.1. The number of benzene rings is 2. The smallest absolute Gasteiger partial charge is 0.241 e. The summed E-state index contributed by atoms with van der Waals surface area (Å²) in [6.07, 6.45) is 5.24. The molecule has 1 fully saturated rings. The number of carbonyl (C=O) groups is 1. The predicted molar refractivity (Wildman–Crippen MR) is 109 cm³/mol. The first-order chi connectivity index (χ1) is 13.8. The quantitative estimate of drug-likeness (QED) is 0.692. The van der Waals surface area contributed by atoms with Gasteiger partial charge in [-0.2, -0.15) is 0 Å². The van der Waals surface area contributed by atoms with E-state index in [9.17, 15) is 4.79 Å². The highest BCUT2D eigenvalue weighted by molar-refractivity contribution is 5.96. The molecule has 2 heterocycles. The minimum atomic E-state index is -0.133. The lowest BCUT2D eigenvalue weighted by Crippen LogP contribution is -2.39. The summed E-state index contributed by atoms with van der Waals surface area (Å²) in [6.45, 7) is 1.72. The average molecular weight is 373 g/mol. The summed E-state index contributed by atoms with van der Waals surface area (Å²) >= 11 is 0. The van der Waals surface area contributed by atoms with Gasteiger partial charge in [0.05, 0.1) is 17.9 Å². The molecular weight excluding hydrogens is 350 g/mol. The number of rotatable bonds is 6. The van der Waals surface area contributed by atoms with Crippen LogP contribution in [0, 0.1) is 0 Å². The standard InChI is InChI=1S/C23H23N3O2/c27-23(21-12-7-15-26(21)17-18-8-2-1-3-9-18)25-20-11-4-5-13-22(20)28-19-10-6-14-24-16-19/h1-6,8-11,13-14,16,21H,7,12,15,17H2,(H,25,27)/t21-/m1/s1. The van der Waals surface area contributed by atoms with Crippen molar-refractivity contribution in [2.45, 2.75) is 25.4 Å². The second kappa shape index (κ2) is 8.67. The number of nitrogens with one attached hydrogen (secondary N) is 1. The van der Waals surface area contributed by atoms with Crippen molar-refractivity contribution < 1.29 is 9.53 Å². The van der Waals surface area contributed by atoms with Crippen LogP contribution in [-0.2, 0) is 11.3 Å². The highest BCUT2D eigenvalue weighted by Crippen LogP contribution is 2.30. The molecule has 0 unspecified atom stereocenters. The number of hydrogen-bond acceptors (Lipinski definition) is 4. The lowest BCUT2D eigenvalue weighted by Gasteiger charge is -2.24. The summed E-state index contributed by atoms with van der Waals surface area (Å²) in [6, 6.07) is 21.3. The number of likely N-dealkylation sites (tertiary alicyclic amines) is 1. The molecule has 28 heavy (non-hydrogen) atoms. The number of nitrogens with zero attached hydrogens (tertiary/aromatic N) is 2. The van der Waals surface area contributed by atoms with E-state index in [4.69, 9.17) is 4.74 Å². The van der Waals surface area contributed by atoms with Crippen molar-refractivity contribution in [3.8, 4) is 11.5 Å². The largest absolute Gasteiger partial charge is 0.454 e. The molecule has 0 bridgehead atoms. The minimum absolute atomic E-state index is 0.00988. The first kappa shape index (κ1) is 18.2. The van der Waals surface area contributed by atoms with E-state index in [1.54, 1.807) is 12.4 Å². The number of anilines is 1. The number of aromatic nitrogens is 1. The van der Waals surface area contributed by atoms with Crippen molar-refractivity contribution in [3.05, 3.63) is 84.7 Å². The first-order valence-electron chi connectivity index (χ1n) is 9.55. The minimum Gasteiger partial charge on any atom is -0.454 e. The van der Waals surface area contributed by atoms with Gasteiger partial charge in [-0.05, 0) is 49.2 Å². The van der Waals surface area contributed by atoms with Gasteiger partial charge in [0, 0.05) is 12.7 Å². The van der Waals surface area contributed by atoms with Crippen molar-refractivity contribution in [1.29, 1.82) is 0 Å². The Bertz CT molecular complexity index is 915. The summed E-state index contributed by atoms with van der Waals surface area (Å²) in [5.74, 6) is 1.25. The SMILES string of the molecule is O=C(Nc1ccccc1Oc1cccnc1)[C@H]1CCCN1Cc1ccccc1. The predicted octanol–water partition coefficient (Wildman–Crippen LogP) is 4.48. The summed E-state index contributed by atoms with van der Waals surface area (Å²) in [5.41, 5.74) is 1.89. The van der Waals surface area contributed by atoms with Crippen molar-refractivity contribution in [1.82, 2.24) is 9.88 Å². The Morgan fingerprint density at radius 3 is 2.71 bits per heavy atom. The summed E-state index contributed by atoms with van der Waals surface area (Å²) in [7, 11) is 0. The number of hydrogen-bond donors (Lipinski definition) is 1. The molecule has 3 aromatic rings. The zero-order valence-electron chi connectivity index (χ0n) is 15.6. The Kier molecular flexibility index (Phi) is 5.64. The van der Waals surface area contributed by atoms with Gasteiger partial charge in [-0.1, -0.05) is 42.5 Å². The van der Waals surface area contributed by atoms with Gasteiger partial charge in [-0.15, -0.1) is 0 Å². The number of para-hydroxylation sites is 2. The van der Waals surface area contributed by atoms with Crippen LogP contribution in [0.4, 0.5) is 5.69 Å². The number of ether oxygens (including phenoxy) is 1. The molecule has 5 heteroatoms. The first-order valence-corrected chi connectivity index (χ1v) is 9.55. The van der Waals surface area contributed by atoms with Gasteiger partial charge in [0.25, 0.3) is 0 Å². The molecule has 0 saturated carbocycles. The van der Waals surface area contributed by atoms with Crippen molar-refractivity contribution in [2.75, 3.05) is 11.9 Å². The zero-order chi connectivity index (χ0) is 19.2. The molecule has 142 valence electrons. The Hall–Kier alpha value is -3.18. The van der Waals surface area contributed by atoms with Gasteiger partial charge < -0.3 is 10.1 Å². The third-order valence-electron chi connectivity index (χ3n) is 4.90. The fourth-order valence-electron chi connectivity index (χ4n) is 3.54. The van der Waals surface area contributed by atoms with Crippen LogP contribution in [0.1, 0.15) is 18.4 Å².